The van der Waals surface area contributed by atoms with Crippen molar-refractivity contribution in [3.63, 3.8) is 0 Å². The Morgan fingerprint density at radius 2 is 1.86 bits per heavy atom. The van der Waals surface area contributed by atoms with Crippen molar-refractivity contribution in [3.8, 4) is 0 Å². The molecular weight excluding hydrogens is 276 g/mol. The largest absolute Gasteiger partial charge is 0.393 e. The zero-order valence-electron chi connectivity index (χ0n) is 14.6. The molecule has 2 saturated carbocycles. The van der Waals surface area contributed by atoms with Crippen LogP contribution in [-0.4, -0.2) is 30.2 Å². The number of aliphatic hydroxyl groups is 1. The monoisotopic (exact) mass is 310 g/mol. The normalized spacial score (nSPS) is 42.3. The third kappa shape index (κ3) is 3.09. The molecule has 0 aromatic heterocycles. The molecular formula is C19H34O3. The lowest BCUT2D eigenvalue weighted by Crippen LogP contribution is -2.41. The molecule has 0 bridgehead atoms. The number of rotatable bonds is 5. The van der Waals surface area contributed by atoms with E-state index in [0.29, 0.717) is 11.3 Å². The van der Waals surface area contributed by atoms with Gasteiger partial charge in [-0.25, -0.2) is 0 Å². The van der Waals surface area contributed by atoms with Crippen LogP contribution in [0, 0.1) is 23.2 Å². The van der Waals surface area contributed by atoms with Crippen LogP contribution in [-0.2, 0) is 9.47 Å². The molecule has 1 heterocycles. The number of fused-ring (bicyclic) bond motifs is 1. The molecule has 1 saturated heterocycles. The summed E-state index contributed by atoms with van der Waals surface area (Å²) in [6.45, 7) is 8.45. The summed E-state index contributed by atoms with van der Waals surface area (Å²) in [7, 11) is 0. The fourth-order valence-electron chi connectivity index (χ4n) is 5.77. The predicted octanol–water partition coefficient (Wildman–Crippen LogP) is 4.13. The second-order valence-corrected chi connectivity index (χ2v) is 8.46. The molecule has 0 radical (unpaired) electrons. The first-order valence-corrected chi connectivity index (χ1v) is 9.41. The fourth-order valence-corrected chi connectivity index (χ4v) is 5.77. The summed E-state index contributed by atoms with van der Waals surface area (Å²) < 4.78 is 11.4. The molecule has 0 amide bonds. The molecule has 1 N–H and O–H groups in total. The Morgan fingerprint density at radius 1 is 1.14 bits per heavy atom. The molecule has 3 rings (SSSR count). The lowest BCUT2D eigenvalue weighted by molar-refractivity contribution is -0.148. The van der Waals surface area contributed by atoms with Gasteiger partial charge in [-0.2, -0.15) is 0 Å². The number of hydrogen-bond acceptors (Lipinski definition) is 3. The van der Waals surface area contributed by atoms with Crippen LogP contribution in [0.3, 0.4) is 0 Å². The maximum atomic E-state index is 10.4. The van der Waals surface area contributed by atoms with Crippen LogP contribution in [0.2, 0.25) is 0 Å². The molecule has 0 aromatic carbocycles. The van der Waals surface area contributed by atoms with Crippen molar-refractivity contribution in [2.45, 2.75) is 84.0 Å². The van der Waals surface area contributed by atoms with E-state index in [0.717, 1.165) is 37.9 Å². The Labute approximate surface area is 135 Å². The summed E-state index contributed by atoms with van der Waals surface area (Å²) in [6.07, 6.45) is 9.48. The topological polar surface area (TPSA) is 38.7 Å². The van der Waals surface area contributed by atoms with E-state index >= 15 is 0 Å². The molecule has 128 valence electrons. The zero-order chi connectivity index (χ0) is 15.8. The smallest absolute Gasteiger partial charge is 0.165 e. The van der Waals surface area contributed by atoms with Gasteiger partial charge in [0.05, 0.1) is 19.3 Å². The van der Waals surface area contributed by atoms with Gasteiger partial charge in [-0.1, -0.05) is 26.7 Å². The molecule has 22 heavy (non-hydrogen) atoms. The molecule has 0 aromatic rings. The van der Waals surface area contributed by atoms with Gasteiger partial charge in [0.15, 0.2) is 5.79 Å². The van der Waals surface area contributed by atoms with Gasteiger partial charge in [0.25, 0.3) is 0 Å². The summed E-state index contributed by atoms with van der Waals surface area (Å²) in [4.78, 5) is 0. The Balaban J connectivity index is 1.52. The number of aliphatic hydroxyl groups excluding tert-OH is 1. The van der Waals surface area contributed by atoms with Gasteiger partial charge in [-0.15, -0.1) is 0 Å². The zero-order valence-corrected chi connectivity index (χ0v) is 14.6. The Morgan fingerprint density at radius 3 is 2.59 bits per heavy atom. The van der Waals surface area contributed by atoms with Gasteiger partial charge in [-0.3, -0.25) is 0 Å². The Bertz CT molecular complexity index is 377. The molecule has 3 fully saturated rings. The highest BCUT2D eigenvalue weighted by molar-refractivity contribution is 5.01. The van der Waals surface area contributed by atoms with Gasteiger partial charge in [0.1, 0.15) is 0 Å². The van der Waals surface area contributed by atoms with Gasteiger partial charge >= 0.3 is 0 Å². The maximum Gasteiger partial charge on any atom is 0.165 e. The van der Waals surface area contributed by atoms with Crippen molar-refractivity contribution in [2.24, 2.45) is 23.2 Å². The molecule has 3 heteroatoms. The molecule has 3 nitrogen and oxygen atoms in total. The molecule has 3 aliphatic rings. The Hall–Kier alpha value is -0.120. The van der Waals surface area contributed by atoms with Crippen LogP contribution in [0.15, 0.2) is 0 Å². The highest BCUT2D eigenvalue weighted by Gasteiger charge is 2.52. The van der Waals surface area contributed by atoms with Crippen LogP contribution in [0.5, 0.6) is 0 Å². The van der Waals surface area contributed by atoms with Crippen LogP contribution in [0.4, 0.5) is 0 Å². The van der Waals surface area contributed by atoms with E-state index in [9.17, 15) is 5.11 Å². The van der Waals surface area contributed by atoms with E-state index in [4.69, 9.17) is 9.47 Å². The van der Waals surface area contributed by atoms with Gasteiger partial charge < -0.3 is 14.6 Å². The highest BCUT2D eigenvalue weighted by atomic mass is 16.7. The van der Waals surface area contributed by atoms with Gasteiger partial charge in [-0.05, 0) is 62.2 Å². The van der Waals surface area contributed by atoms with Crippen molar-refractivity contribution in [2.75, 3.05) is 13.2 Å². The maximum absolute atomic E-state index is 10.4. The second kappa shape index (κ2) is 6.41. The first-order chi connectivity index (χ1) is 10.4. The lowest BCUT2D eigenvalue weighted by Gasteiger charge is -2.45. The van der Waals surface area contributed by atoms with Crippen LogP contribution in [0.1, 0.15) is 72.1 Å². The number of hydrogen-bond donors (Lipinski definition) is 1. The van der Waals surface area contributed by atoms with Crippen LogP contribution in [0.25, 0.3) is 0 Å². The molecule has 0 spiro atoms. The minimum atomic E-state index is -0.330. The summed E-state index contributed by atoms with van der Waals surface area (Å²) in [5.74, 6) is 1.74. The average Bonchev–Trinajstić information content (AvgIpc) is 3.03. The van der Waals surface area contributed by atoms with Crippen molar-refractivity contribution in [3.05, 3.63) is 0 Å². The van der Waals surface area contributed by atoms with Crippen molar-refractivity contribution in [1.82, 2.24) is 0 Å². The molecule has 2 aliphatic carbocycles. The Kier molecular flexibility index (Phi) is 4.87. The van der Waals surface area contributed by atoms with E-state index in [-0.39, 0.29) is 11.9 Å². The summed E-state index contributed by atoms with van der Waals surface area (Å²) >= 11 is 0. The minimum absolute atomic E-state index is 0.0462. The van der Waals surface area contributed by atoms with Crippen molar-refractivity contribution in [1.29, 1.82) is 0 Å². The average molecular weight is 310 g/mol. The lowest BCUT2D eigenvalue weighted by atomic mass is 9.61. The quantitative estimate of drug-likeness (QED) is 0.829. The SMILES string of the molecule is C[C@H](CCCC1(C)OCCO1)[C@H]1CC[C@H]2[C@@H](O)CCC[C@]12C. The van der Waals surface area contributed by atoms with E-state index in [2.05, 4.69) is 20.8 Å². The van der Waals surface area contributed by atoms with Crippen molar-refractivity contribution >= 4 is 0 Å². The van der Waals surface area contributed by atoms with E-state index in [1.54, 1.807) is 0 Å². The summed E-state index contributed by atoms with van der Waals surface area (Å²) in [5.41, 5.74) is 0.376. The first kappa shape index (κ1) is 16.7. The van der Waals surface area contributed by atoms with E-state index < -0.39 is 0 Å². The minimum Gasteiger partial charge on any atom is -0.393 e. The molecule has 5 atom stereocenters. The summed E-state index contributed by atoms with van der Waals surface area (Å²) in [6, 6.07) is 0. The van der Waals surface area contributed by atoms with E-state index in [1.165, 1.54) is 38.5 Å². The van der Waals surface area contributed by atoms with Crippen LogP contribution >= 0.6 is 0 Å². The fraction of sp³-hybridized carbons (Fsp3) is 1.00. The van der Waals surface area contributed by atoms with E-state index in [1.807, 2.05) is 0 Å². The third-order valence-corrected chi connectivity index (χ3v) is 7.04. The predicted molar refractivity (Wildman–Crippen MR) is 87.5 cm³/mol. The number of ether oxygens (including phenoxy) is 2. The second-order valence-electron chi connectivity index (χ2n) is 8.46. The third-order valence-electron chi connectivity index (χ3n) is 7.04. The summed E-state index contributed by atoms with van der Waals surface area (Å²) in [5, 5.41) is 10.4. The molecule has 0 unspecified atom stereocenters. The van der Waals surface area contributed by atoms with Gasteiger partial charge in [0, 0.05) is 6.42 Å². The first-order valence-electron chi connectivity index (χ1n) is 9.41. The van der Waals surface area contributed by atoms with Crippen molar-refractivity contribution < 1.29 is 14.6 Å². The highest BCUT2D eigenvalue weighted by Crippen LogP contribution is 2.58. The van der Waals surface area contributed by atoms with Crippen LogP contribution < -0.4 is 0 Å². The standard InChI is InChI=1S/C19H34O3/c1-14(6-4-11-19(3)21-12-13-22-19)15-8-9-16-17(20)7-5-10-18(15,16)2/h14-17,20H,4-13H2,1-3H3/t14-,15-,16+,17+,18-/m1/s1. The molecule has 1 aliphatic heterocycles. The van der Waals surface area contributed by atoms with Gasteiger partial charge in [0.2, 0.25) is 0 Å².